The van der Waals surface area contributed by atoms with E-state index in [1.165, 1.54) is 57.8 Å². The zero-order valence-corrected chi connectivity index (χ0v) is 13.5. The first-order chi connectivity index (χ1) is 9.74. The normalized spacial score (nSPS) is 14.4. The number of rotatable bonds is 15. The lowest BCUT2D eigenvalue weighted by Gasteiger charge is -2.17. The second-order valence-electron chi connectivity index (χ2n) is 5.66. The van der Waals surface area contributed by atoms with Crippen LogP contribution in [0.2, 0.25) is 0 Å². The summed E-state index contributed by atoms with van der Waals surface area (Å²) in [6.45, 7) is 4.24. The van der Waals surface area contributed by atoms with Gasteiger partial charge in [-0.05, 0) is 12.8 Å². The van der Waals surface area contributed by atoms with E-state index >= 15 is 0 Å². The van der Waals surface area contributed by atoms with Crippen molar-refractivity contribution in [1.82, 2.24) is 0 Å². The number of aliphatic hydroxyl groups is 2. The molecule has 0 aliphatic heterocycles. The predicted molar refractivity (Wildman–Crippen MR) is 84.7 cm³/mol. The third kappa shape index (κ3) is 12.9. The summed E-state index contributed by atoms with van der Waals surface area (Å²) < 4.78 is 5.55. The molecular weight excluding hydrogens is 252 g/mol. The highest BCUT2D eigenvalue weighted by atomic mass is 16.5. The van der Waals surface area contributed by atoms with Crippen LogP contribution in [0.25, 0.3) is 0 Å². The lowest BCUT2D eigenvalue weighted by Crippen LogP contribution is -2.24. The highest BCUT2D eigenvalue weighted by Gasteiger charge is 2.09. The molecule has 0 aliphatic carbocycles. The largest absolute Gasteiger partial charge is 0.394 e. The molecule has 20 heavy (non-hydrogen) atoms. The highest BCUT2D eigenvalue weighted by molar-refractivity contribution is 4.72. The van der Waals surface area contributed by atoms with Crippen LogP contribution in [0.1, 0.15) is 78.1 Å². The van der Waals surface area contributed by atoms with Gasteiger partial charge in [-0.1, -0.05) is 71.6 Å². The van der Waals surface area contributed by atoms with E-state index in [4.69, 9.17) is 9.84 Å². The minimum absolute atomic E-state index is 0.112. The number of ether oxygens (including phenoxy) is 1. The van der Waals surface area contributed by atoms with Gasteiger partial charge in [0.1, 0.15) is 6.10 Å². The van der Waals surface area contributed by atoms with Crippen molar-refractivity contribution < 1.29 is 14.9 Å². The topological polar surface area (TPSA) is 49.7 Å². The van der Waals surface area contributed by atoms with Crippen molar-refractivity contribution >= 4 is 0 Å². The predicted octanol–water partition coefficient (Wildman–Crippen LogP) is 3.87. The molecular formula is C17H35O3. The molecule has 3 nitrogen and oxygen atoms in total. The van der Waals surface area contributed by atoms with E-state index in [1.807, 2.05) is 13.3 Å². The van der Waals surface area contributed by atoms with Crippen molar-refractivity contribution in [3.8, 4) is 0 Å². The lowest BCUT2D eigenvalue weighted by molar-refractivity contribution is -0.0210. The van der Waals surface area contributed by atoms with Crippen molar-refractivity contribution in [3.05, 3.63) is 6.42 Å². The molecule has 0 aromatic rings. The van der Waals surface area contributed by atoms with Crippen molar-refractivity contribution in [2.75, 3.05) is 13.2 Å². The monoisotopic (exact) mass is 287 g/mol. The highest BCUT2D eigenvalue weighted by Crippen LogP contribution is 2.13. The average molecular weight is 287 g/mol. The standard InChI is InChI=1S/C17H35O3/c1-3-5-6-7-8-9-10-11-12-13-17(4-2)20-15-16(19)14-18/h4,16-19H,3,5-15H2,1-2H3. The molecule has 2 unspecified atom stereocenters. The summed E-state index contributed by atoms with van der Waals surface area (Å²) in [5.74, 6) is 0. The SMILES string of the molecule is C[CH]C(CCCCCCCCCCC)OCC(O)CO. The van der Waals surface area contributed by atoms with Gasteiger partial charge in [0.15, 0.2) is 0 Å². The van der Waals surface area contributed by atoms with Gasteiger partial charge in [0.05, 0.1) is 19.3 Å². The second-order valence-corrected chi connectivity index (χ2v) is 5.66. The molecule has 0 saturated heterocycles. The Kier molecular flexibility index (Phi) is 15.2. The smallest absolute Gasteiger partial charge is 0.100 e. The Balaban J connectivity index is 3.33. The van der Waals surface area contributed by atoms with Crippen molar-refractivity contribution in [2.45, 2.75) is 90.3 Å². The van der Waals surface area contributed by atoms with Crippen LogP contribution in [0, 0.1) is 6.42 Å². The molecule has 0 bridgehead atoms. The van der Waals surface area contributed by atoms with Crippen molar-refractivity contribution in [2.24, 2.45) is 0 Å². The molecule has 2 atom stereocenters. The van der Waals surface area contributed by atoms with Gasteiger partial charge in [-0.2, -0.15) is 0 Å². The molecule has 0 fully saturated rings. The van der Waals surface area contributed by atoms with E-state index in [2.05, 4.69) is 6.92 Å². The minimum Gasteiger partial charge on any atom is -0.394 e. The molecule has 1 radical (unpaired) electrons. The molecule has 121 valence electrons. The molecule has 3 heteroatoms. The number of unbranched alkanes of at least 4 members (excludes halogenated alkanes) is 8. The van der Waals surface area contributed by atoms with Gasteiger partial charge in [0.2, 0.25) is 0 Å². The summed E-state index contributed by atoms with van der Waals surface area (Å²) in [7, 11) is 0. The molecule has 0 spiro atoms. The van der Waals surface area contributed by atoms with Gasteiger partial charge in [0, 0.05) is 0 Å². The summed E-state index contributed by atoms with van der Waals surface area (Å²) in [4.78, 5) is 0. The Morgan fingerprint density at radius 2 is 1.50 bits per heavy atom. The van der Waals surface area contributed by atoms with Crippen LogP contribution in [0.3, 0.4) is 0 Å². The first kappa shape index (κ1) is 19.9. The van der Waals surface area contributed by atoms with Gasteiger partial charge in [-0.15, -0.1) is 0 Å². The third-order valence-corrected chi connectivity index (χ3v) is 3.68. The Bertz CT molecular complexity index is 185. The van der Waals surface area contributed by atoms with Crippen LogP contribution >= 0.6 is 0 Å². The minimum atomic E-state index is -0.749. The molecule has 0 saturated carbocycles. The molecule has 0 aliphatic rings. The van der Waals surface area contributed by atoms with Gasteiger partial charge < -0.3 is 14.9 Å². The quantitative estimate of drug-likeness (QED) is 0.450. The summed E-state index contributed by atoms with van der Waals surface area (Å²) in [6, 6.07) is 0. The molecule has 0 amide bonds. The van der Waals surface area contributed by atoms with Crippen LogP contribution < -0.4 is 0 Å². The van der Waals surface area contributed by atoms with Crippen molar-refractivity contribution in [3.63, 3.8) is 0 Å². The molecule has 0 rings (SSSR count). The van der Waals surface area contributed by atoms with Crippen molar-refractivity contribution in [1.29, 1.82) is 0 Å². The summed E-state index contributed by atoms with van der Waals surface area (Å²) in [6.07, 6.45) is 14.4. The summed E-state index contributed by atoms with van der Waals surface area (Å²) >= 11 is 0. The molecule has 0 aromatic carbocycles. The number of hydrogen-bond donors (Lipinski definition) is 2. The maximum atomic E-state index is 9.24. The average Bonchev–Trinajstić information content (AvgIpc) is 2.48. The maximum absolute atomic E-state index is 9.24. The summed E-state index contributed by atoms with van der Waals surface area (Å²) in [5, 5.41) is 18.0. The fourth-order valence-electron chi connectivity index (χ4n) is 2.29. The number of hydrogen-bond acceptors (Lipinski definition) is 3. The van der Waals surface area contributed by atoms with E-state index in [0.29, 0.717) is 0 Å². The number of aliphatic hydroxyl groups excluding tert-OH is 2. The molecule has 0 aromatic heterocycles. The zero-order valence-electron chi connectivity index (χ0n) is 13.5. The Labute approximate surface area is 125 Å². The first-order valence-corrected chi connectivity index (χ1v) is 8.44. The van der Waals surface area contributed by atoms with E-state index in [9.17, 15) is 5.11 Å². The summed E-state index contributed by atoms with van der Waals surface area (Å²) in [5.41, 5.74) is 0. The fourth-order valence-corrected chi connectivity index (χ4v) is 2.29. The zero-order chi connectivity index (χ0) is 15.1. The van der Waals surface area contributed by atoms with E-state index < -0.39 is 6.10 Å². The first-order valence-electron chi connectivity index (χ1n) is 8.44. The van der Waals surface area contributed by atoms with E-state index in [1.54, 1.807) is 0 Å². The van der Waals surface area contributed by atoms with E-state index in [0.717, 1.165) is 6.42 Å². The van der Waals surface area contributed by atoms with Gasteiger partial charge in [-0.25, -0.2) is 0 Å². The second kappa shape index (κ2) is 15.3. The van der Waals surface area contributed by atoms with Crippen LogP contribution in [0.5, 0.6) is 0 Å². The molecule has 2 N–H and O–H groups in total. The molecule has 0 heterocycles. The van der Waals surface area contributed by atoms with Gasteiger partial charge in [-0.3, -0.25) is 0 Å². The van der Waals surface area contributed by atoms with Crippen LogP contribution in [0.15, 0.2) is 0 Å². The van der Waals surface area contributed by atoms with Crippen LogP contribution in [-0.4, -0.2) is 35.6 Å². The Morgan fingerprint density at radius 1 is 0.950 bits per heavy atom. The fraction of sp³-hybridized carbons (Fsp3) is 0.941. The third-order valence-electron chi connectivity index (χ3n) is 3.68. The van der Waals surface area contributed by atoms with E-state index in [-0.39, 0.29) is 19.3 Å². The van der Waals surface area contributed by atoms with Crippen LogP contribution in [0.4, 0.5) is 0 Å². The van der Waals surface area contributed by atoms with Gasteiger partial charge >= 0.3 is 0 Å². The van der Waals surface area contributed by atoms with Crippen LogP contribution in [-0.2, 0) is 4.74 Å². The Hall–Kier alpha value is -0.120. The van der Waals surface area contributed by atoms with Gasteiger partial charge in [0.25, 0.3) is 0 Å². The maximum Gasteiger partial charge on any atom is 0.100 e. The lowest BCUT2D eigenvalue weighted by atomic mass is 10.0. The Morgan fingerprint density at radius 3 is 2.00 bits per heavy atom.